The summed E-state index contributed by atoms with van der Waals surface area (Å²) in [6.07, 6.45) is 1.82. The minimum absolute atomic E-state index is 0.0779. The van der Waals surface area contributed by atoms with Gasteiger partial charge in [0.2, 0.25) is 5.78 Å². The van der Waals surface area contributed by atoms with Gasteiger partial charge < -0.3 is 9.47 Å². The van der Waals surface area contributed by atoms with Crippen LogP contribution in [0.4, 0.5) is 0 Å². The Morgan fingerprint density at radius 1 is 0.968 bits per heavy atom. The summed E-state index contributed by atoms with van der Waals surface area (Å²) in [7, 11) is 0. The first kappa shape index (κ1) is 19.6. The van der Waals surface area contributed by atoms with E-state index in [0.717, 1.165) is 35.5 Å². The van der Waals surface area contributed by atoms with Crippen LogP contribution in [-0.4, -0.2) is 24.0 Å². The highest BCUT2D eigenvalue weighted by molar-refractivity contribution is 6.15. The number of hydrogen-bond donors (Lipinski definition) is 0. The Kier molecular flexibility index (Phi) is 5.08. The van der Waals surface area contributed by atoms with E-state index in [9.17, 15) is 4.79 Å². The third-order valence-corrected chi connectivity index (χ3v) is 5.62. The van der Waals surface area contributed by atoms with Crippen LogP contribution in [0, 0.1) is 5.92 Å². The van der Waals surface area contributed by atoms with E-state index < -0.39 is 0 Å². The molecule has 0 saturated carbocycles. The number of allylic oxidation sites excluding steroid dienone is 1. The van der Waals surface area contributed by atoms with Crippen LogP contribution in [0.5, 0.6) is 11.5 Å². The van der Waals surface area contributed by atoms with Crippen LogP contribution < -0.4 is 9.47 Å². The van der Waals surface area contributed by atoms with Crippen molar-refractivity contribution in [1.82, 2.24) is 4.90 Å². The SMILES string of the molecule is CC(C)CN1COc2ccc3c(c2C1)O/C(=C\c1ccc(-c2ccccc2)cc1)C3=O. The second-order valence-electron chi connectivity index (χ2n) is 8.53. The Hall–Kier alpha value is -3.37. The van der Waals surface area contributed by atoms with Gasteiger partial charge in [-0.25, -0.2) is 0 Å². The van der Waals surface area contributed by atoms with Crippen molar-refractivity contribution in [3.8, 4) is 22.6 Å². The van der Waals surface area contributed by atoms with Crippen molar-refractivity contribution in [2.45, 2.75) is 20.4 Å². The monoisotopic (exact) mass is 411 g/mol. The minimum atomic E-state index is -0.0779. The van der Waals surface area contributed by atoms with Crippen LogP contribution in [0.15, 0.2) is 72.5 Å². The van der Waals surface area contributed by atoms with Gasteiger partial charge in [-0.2, -0.15) is 0 Å². The predicted octanol–water partition coefficient (Wildman–Crippen LogP) is 5.78. The van der Waals surface area contributed by atoms with E-state index in [1.54, 1.807) is 0 Å². The number of hydrogen-bond acceptors (Lipinski definition) is 4. The van der Waals surface area contributed by atoms with E-state index in [1.807, 2.05) is 48.5 Å². The molecular weight excluding hydrogens is 386 g/mol. The zero-order valence-corrected chi connectivity index (χ0v) is 17.8. The molecule has 4 nitrogen and oxygen atoms in total. The zero-order chi connectivity index (χ0) is 21.4. The smallest absolute Gasteiger partial charge is 0.231 e. The third kappa shape index (κ3) is 3.87. The molecule has 2 aliphatic heterocycles. The number of fused-ring (bicyclic) bond motifs is 3. The molecule has 3 aromatic carbocycles. The molecule has 0 aliphatic carbocycles. The largest absolute Gasteiger partial charge is 0.478 e. The molecule has 4 heteroatoms. The van der Waals surface area contributed by atoms with Gasteiger partial charge in [-0.15, -0.1) is 0 Å². The third-order valence-electron chi connectivity index (χ3n) is 5.62. The van der Waals surface area contributed by atoms with Crippen LogP contribution in [-0.2, 0) is 6.54 Å². The highest BCUT2D eigenvalue weighted by atomic mass is 16.5. The Morgan fingerprint density at radius 2 is 1.71 bits per heavy atom. The molecule has 0 bridgehead atoms. The molecule has 2 heterocycles. The highest BCUT2D eigenvalue weighted by Gasteiger charge is 2.33. The lowest BCUT2D eigenvalue weighted by molar-refractivity contribution is 0.0832. The quantitative estimate of drug-likeness (QED) is 0.510. The summed E-state index contributed by atoms with van der Waals surface area (Å²) in [6.45, 7) is 6.61. The van der Waals surface area contributed by atoms with Crippen molar-refractivity contribution < 1.29 is 14.3 Å². The van der Waals surface area contributed by atoms with Crippen LogP contribution in [0.2, 0.25) is 0 Å². The minimum Gasteiger partial charge on any atom is -0.478 e. The van der Waals surface area contributed by atoms with Gasteiger partial charge in [0.25, 0.3) is 0 Å². The van der Waals surface area contributed by atoms with Gasteiger partial charge in [0.05, 0.1) is 11.1 Å². The maximum Gasteiger partial charge on any atom is 0.231 e. The molecule has 0 amide bonds. The summed E-state index contributed by atoms with van der Waals surface area (Å²) in [5, 5.41) is 0. The topological polar surface area (TPSA) is 38.8 Å². The highest BCUT2D eigenvalue weighted by Crippen LogP contribution is 2.42. The maximum atomic E-state index is 13.0. The standard InChI is InChI=1S/C27H25NO3/c1-18(2)15-28-16-23-24(30-17-28)13-12-22-26(29)25(31-27(22)23)14-19-8-10-21(11-9-19)20-6-4-3-5-7-20/h3-14,18H,15-17H2,1-2H3/b25-14-. The number of Topliss-reactive ketones (excluding diaryl/α,β-unsaturated/α-hetero) is 1. The molecule has 0 atom stereocenters. The molecule has 3 aromatic rings. The molecule has 0 spiro atoms. The molecule has 0 N–H and O–H groups in total. The summed E-state index contributed by atoms with van der Waals surface area (Å²) in [5.41, 5.74) is 4.81. The van der Waals surface area contributed by atoms with Gasteiger partial charge in [0.15, 0.2) is 5.76 Å². The van der Waals surface area contributed by atoms with Gasteiger partial charge in [-0.3, -0.25) is 9.69 Å². The number of carbonyl (C=O) groups is 1. The molecule has 0 saturated heterocycles. The lowest BCUT2D eigenvalue weighted by Gasteiger charge is -2.30. The number of benzene rings is 3. The van der Waals surface area contributed by atoms with Crippen LogP contribution in [0.25, 0.3) is 17.2 Å². The van der Waals surface area contributed by atoms with E-state index in [0.29, 0.717) is 29.7 Å². The predicted molar refractivity (Wildman–Crippen MR) is 122 cm³/mol. The number of carbonyl (C=O) groups excluding carboxylic acids is 1. The van der Waals surface area contributed by atoms with Crippen molar-refractivity contribution in [2.24, 2.45) is 5.92 Å². The van der Waals surface area contributed by atoms with E-state index in [4.69, 9.17) is 9.47 Å². The summed E-state index contributed by atoms with van der Waals surface area (Å²) in [4.78, 5) is 15.2. The van der Waals surface area contributed by atoms with E-state index in [-0.39, 0.29) is 5.78 Å². The normalized spacial score (nSPS) is 16.7. The summed E-state index contributed by atoms with van der Waals surface area (Å²) >= 11 is 0. The second kappa shape index (κ2) is 8.05. The first-order valence-corrected chi connectivity index (χ1v) is 10.7. The Balaban J connectivity index is 1.41. The van der Waals surface area contributed by atoms with Crippen molar-refractivity contribution >= 4 is 11.9 Å². The summed E-state index contributed by atoms with van der Waals surface area (Å²) < 4.78 is 12.0. The van der Waals surface area contributed by atoms with E-state index in [1.165, 1.54) is 5.56 Å². The fraction of sp³-hybridized carbons (Fsp3) is 0.222. The van der Waals surface area contributed by atoms with Crippen LogP contribution in [0.1, 0.15) is 35.3 Å². The number of nitrogens with zero attached hydrogens (tertiary/aromatic N) is 1. The Labute approximate surface area is 182 Å². The first-order valence-electron chi connectivity index (χ1n) is 10.7. The molecule has 2 aliphatic rings. The van der Waals surface area contributed by atoms with E-state index in [2.05, 4.69) is 43.0 Å². The fourth-order valence-electron chi connectivity index (χ4n) is 4.19. The number of rotatable bonds is 4. The molecule has 0 unspecified atom stereocenters. The lowest BCUT2D eigenvalue weighted by atomic mass is 10.0. The second-order valence-corrected chi connectivity index (χ2v) is 8.53. The fourth-order valence-corrected chi connectivity index (χ4v) is 4.19. The first-order chi connectivity index (χ1) is 15.1. The number of ether oxygens (including phenoxy) is 2. The van der Waals surface area contributed by atoms with Crippen molar-refractivity contribution in [3.05, 3.63) is 89.2 Å². The number of ketones is 1. The van der Waals surface area contributed by atoms with Crippen LogP contribution in [0.3, 0.4) is 0 Å². The lowest BCUT2D eigenvalue weighted by Crippen LogP contribution is -2.34. The van der Waals surface area contributed by atoms with Crippen molar-refractivity contribution in [2.75, 3.05) is 13.3 Å². The summed E-state index contributed by atoms with van der Waals surface area (Å²) in [5.74, 6) is 2.27. The Morgan fingerprint density at radius 3 is 2.45 bits per heavy atom. The summed E-state index contributed by atoms with van der Waals surface area (Å²) in [6, 6.07) is 22.1. The zero-order valence-electron chi connectivity index (χ0n) is 17.8. The maximum absolute atomic E-state index is 13.0. The molecule has 0 fully saturated rings. The van der Waals surface area contributed by atoms with Gasteiger partial charge in [0, 0.05) is 13.1 Å². The van der Waals surface area contributed by atoms with E-state index >= 15 is 0 Å². The van der Waals surface area contributed by atoms with Gasteiger partial charge in [-0.1, -0.05) is 68.4 Å². The van der Waals surface area contributed by atoms with Crippen molar-refractivity contribution in [3.63, 3.8) is 0 Å². The molecular formula is C27H25NO3. The van der Waals surface area contributed by atoms with Gasteiger partial charge in [0.1, 0.15) is 18.2 Å². The average molecular weight is 412 g/mol. The van der Waals surface area contributed by atoms with Gasteiger partial charge >= 0.3 is 0 Å². The molecule has 0 radical (unpaired) electrons. The Bertz CT molecular complexity index is 1150. The molecule has 31 heavy (non-hydrogen) atoms. The molecule has 5 rings (SSSR count). The van der Waals surface area contributed by atoms with Crippen LogP contribution >= 0.6 is 0 Å². The molecule has 156 valence electrons. The van der Waals surface area contributed by atoms with Gasteiger partial charge in [-0.05, 0) is 40.8 Å². The van der Waals surface area contributed by atoms with Crippen molar-refractivity contribution in [1.29, 1.82) is 0 Å². The molecule has 0 aromatic heterocycles. The average Bonchev–Trinajstić information content (AvgIpc) is 3.10.